The van der Waals surface area contributed by atoms with Crippen molar-refractivity contribution >= 4 is 21.8 Å². The van der Waals surface area contributed by atoms with E-state index in [0.29, 0.717) is 51.5 Å². The van der Waals surface area contributed by atoms with Crippen molar-refractivity contribution in [1.82, 2.24) is 19.0 Å². The maximum absolute atomic E-state index is 13.7. The molecule has 1 amide bonds. The van der Waals surface area contributed by atoms with Crippen LogP contribution >= 0.6 is 0 Å². The molecule has 0 atom stereocenters. The number of aryl methyl sites for hydroxylation is 1. The van der Waals surface area contributed by atoms with E-state index in [-0.39, 0.29) is 11.8 Å². The van der Waals surface area contributed by atoms with Gasteiger partial charge in [-0.05, 0) is 16.7 Å². The molecule has 1 aromatic heterocycles. The van der Waals surface area contributed by atoms with Gasteiger partial charge in [-0.2, -0.15) is 5.10 Å². The highest BCUT2D eigenvalue weighted by molar-refractivity contribution is 7.88. The minimum Gasteiger partial charge on any atom is -0.381 e. The van der Waals surface area contributed by atoms with E-state index in [9.17, 15) is 13.2 Å². The number of hydrogen-bond donors (Lipinski definition) is 0. The van der Waals surface area contributed by atoms with Crippen LogP contribution in [0.1, 0.15) is 18.4 Å². The summed E-state index contributed by atoms with van der Waals surface area (Å²) in [4.78, 5) is 20.5. The molecule has 198 valence electrons. The average molecular weight is 534 g/mol. The van der Waals surface area contributed by atoms with Crippen LogP contribution < -0.4 is 0 Å². The second-order valence-corrected chi connectivity index (χ2v) is 12.5. The standard InChI is InChI=1S/C28H31N5O4S/c1-31-19-25(15-29-31)23-5-3-21(4-6-23)22-7-9-24(10-8-22)26-30-28(11-13-37-14-12-28)27(34)33(26)18-20-16-32(17-20)38(2,35)36/h3-10,15,19-20H,11-14,16-18H2,1-2H3. The van der Waals surface area contributed by atoms with Gasteiger partial charge in [0.2, 0.25) is 10.0 Å². The van der Waals surface area contributed by atoms with Crippen LogP contribution in [0.5, 0.6) is 0 Å². The van der Waals surface area contributed by atoms with Crippen LogP contribution in [0.2, 0.25) is 0 Å². The fraction of sp³-hybridized carbons (Fsp3) is 0.393. The van der Waals surface area contributed by atoms with E-state index in [1.165, 1.54) is 10.6 Å². The molecule has 0 unspecified atom stereocenters. The summed E-state index contributed by atoms with van der Waals surface area (Å²) in [6.07, 6.45) is 6.20. The molecule has 3 aliphatic rings. The lowest BCUT2D eigenvalue weighted by atomic mass is 9.90. The van der Waals surface area contributed by atoms with Crippen molar-refractivity contribution < 1.29 is 17.9 Å². The molecule has 0 bridgehead atoms. The van der Waals surface area contributed by atoms with Gasteiger partial charge < -0.3 is 4.74 Å². The molecule has 9 nitrogen and oxygen atoms in total. The molecule has 10 heteroatoms. The Bertz CT molecular complexity index is 1480. The van der Waals surface area contributed by atoms with E-state index in [0.717, 1.165) is 27.8 Å². The molecule has 0 aliphatic carbocycles. The minimum absolute atomic E-state index is 0.00340. The second-order valence-electron chi connectivity index (χ2n) is 10.5. The summed E-state index contributed by atoms with van der Waals surface area (Å²) in [5, 5.41) is 4.25. The number of amidine groups is 1. The third-order valence-electron chi connectivity index (χ3n) is 7.77. The SMILES string of the molecule is Cn1cc(-c2ccc(-c3ccc(C4=NC5(CCOCC5)C(=O)N4CC4CN(S(C)(=O)=O)C4)cc3)cc2)cn1. The summed E-state index contributed by atoms with van der Waals surface area (Å²) < 4.78 is 32.4. The van der Waals surface area contributed by atoms with Gasteiger partial charge in [0.05, 0.1) is 12.5 Å². The largest absolute Gasteiger partial charge is 0.381 e. The molecule has 1 spiro atoms. The average Bonchev–Trinajstić information content (AvgIpc) is 3.43. The number of aromatic nitrogens is 2. The number of rotatable bonds is 6. The van der Waals surface area contributed by atoms with Crippen molar-refractivity contribution in [2.75, 3.05) is 39.1 Å². The Balaban J connectivity index is 1.24. The lowest BCUT2D eigenvalue weighted by Gasteiger charge is -2.39. The summed E-state index contributed by atoms with van der Waals surface area (Å²) in [5.74, 6) is 0.767. The Morgan fingerprint density at radius 3 is 2.00 bits per heavy atom. The molecule has 38 heavy (non-hydrogen) atoms. The van der Waals surface area contributed by atoms with Crippen molar-refractivity contribution in [3.05, 3.63) is 66.5 Å². The smallest absolute Gasteiger partial charge is 0.256 e. The molecule has 2 aromatic carbocycles. The minimum atomic E-state index is -3.21. The van der Waals surface area contributed by atoms with Crippen LogP contribution in [-0.4, -0.2) is 83.8 Å². The Hall–Kier alpha value is -3.34. The Kier molecular flexibility index (Phi) is 6.20. The number of benzene rings is 2. The first-order valence-electron chi connectivity index (χ1n) is 12.9. The maximum atomic E-state index is 13.7. The number of sulfonamides is 1. The van der Waals surface area contributed by atoms with Gasteiger partial charge in [0.1, 0.15) is 11.4 Å². The van der Waals surface area contributed by atoms with Gasteiger partial charge in [-0.1, -0.05) is 48.5 Å². The monoisotopic (exact) mass is 533 g/mol. The van der Waals surface area contributed by atoms with E-state index in [1.807, 2.05) is 31.6 Å². The third-order valence-corrected chi connectivity index (χ3v) is 9.01. The topological polar surface area (TPSA) is 97.1 Å². The van der Waals surface area contributed by atoms with Crippen molar-refractivity contribution in [3.63, 3.8) is 0 Å². The second kappa shape index (κ2) is 9.44. The molecule has 6 rings (SSSR count). The van der Waals surface area contributed by atoms with Crippen LogP contribution in [0.25, 0.3) is 22.3 Å². The number of hydrogen-bond acceptors (Lipinski definition) is 6. The quantitative estimate of drug-likeness (QED) is 0.486. The molecular formula is C28H31N5O4S. The predicted molar refractivity (Wildman–Crippen MR) is 145 cm³/mol. The summed E-state index contributed by atoms with van der Waals surface area (Å²) in [7, 11) is -1.30. The molecule has 3 aromatic rings. The zero-order chi connectivity index (χ0) is 26.5. The molecule has 4 heterocycles. The number of carbonyl (C=O) groups is 1. The van der Waals surface area contributed by atoms with Crippen LogP contribution in [0.15, 0.2) is 65.9 Å². The fourth-order valence-corrected chi connectivity index (χ4v) is 6.45. The van der Waals surface area contributed by atoms with Gasteiger partial charge in [-0.3, -0.25) is 19.4 Å². The van der Waals surface area contributed by atoms with Crippen molar-refractivity contribution in [1.29, 1.82) is 0 Å². The van der Waals surface area contributed by atoms with Gasteiger partial charge in [-0.15, -0.1) is 0 Å². The van der Waals surface area contributed by atoms with E-state index in [2.05, 4.69) is 41.5 Å². The van der Waals surface area contributed by atoms with Crippen LogP contribution in [0.3, 0.4) is 0 Å². The Labute approximate surface area is 222 Å². The van der Waals surface area contributed by atoms with Gasteiger partial charge in [-0.25, -0.2) is 12.7 Å². The zero-order valence-corrected chi connectivity index (χ0v) is 22.4. The summed E-state index contributed by atoms with van der Waals surface area (Å²) in [6.45, 7) is 2.34. The molecule has 2 fully saturated rings. The van der Waals surface area contributed by atoms with Gasteiger partial charge in [0.25, 0.3) is 5.91 Å². The Morgan fingerprint density at radius 1 is 0.921 bits per heavy atom. The van der Waals surface area contributed by atoms with Gasteiger partial charge >= 0.3 is 0 Å². The predicted octanol–water partition coefficient (Wildman–Crippen LogP) is 2.78. The highest BCUT2D eigenvalue weighted by Gasteiger charge is 2.50. The van der Waals surface area contributed by atoms with Gasteiger partial charge in [0.15, 0.2) is 0 Å². The van der Waals surface area contributed by atoms with E-state index < -0.39 is 15.6 Å². The van der Waals surface area contributed by atoms with E-state index in [1.54, 1.807) is 9.58 Å². The summed E-state index contributed by atoms with van der Waals surface area (Å²) in [6, 6.07) is 16.5. The van der Waals surface area contributed by atoms with Crippen molar-refractivity contribution in [2.45, 2.75) is 18.4 Å². The molecule has 3 aliphatic heterocycles. The van der Waals surface area contributed by atoms with Crippen LogP contribution in [0.4, 0.5) is 0 Å². The number of nitrogens with zero attached hydrogens (tertiary/aromatic N) is 5. The maximum Gasteiger partial charge on any atom is 0.256 e. The number of carbonyl (C=O) groups excluding carboxylic acids is 1. The van der Waals surface area contributed by atoms with Crippen LogP contribution in [0, 0.1) is 5.92 Å². The molecule has 0 N–H and O–H groups in total. The normalized spacial score (nSPS) is 20.1. The van der Waals surface area contributed by atoms with E-state index in [4.69, 9.17) is 9.73 Å². The van der Waals surface area contributed by atoms with Crippen LogP contribution in [-0.2, 0) is 26.6 Å². The lowest BCUT2D eigenvalue weighted by molar-refractivity contribution is -0.135. The molecular weight excluding hydrogens is 502 g/mol. The van der Waals surface area contributed by atoms with Crippen molar-refractivity contribution in [3.8, 4) is 22.3 Å². The first kappa shape index (κ1) is 25.0. The highest BCUT2D eigenvalue weighted by atomic mass is 32.2. The summed E-state index contributed by atoms with van der Waals surface area (Å²) >= 11 is 0. The van der Waals surface area contributed by atoms with E-state index >= 15 is 0 Å². The number of amides is 1. The third kappa shape index (κ3) is 4.57. The first-order valence-corrected chi connectivity index (χ1v) is 14.7. The molecule has 0 radical (unpaired) electrons. The van der Waals surface area contributed by atoms with Crippen molar-refractivity contribution in [2.24, 2.45) is 18.0 Å². The van der Waals surface area contributed by atoms with Gasteiger partial charge in [0, 0.05) is 76.0 Å². The lowest BCUT2D eigenvalue weighted by Crippen LogP contribution is -2.55. The number of ether oxygens (including phenoxy) is 1. The fourth-order valence-electron chi connectivity index (χ4n) is 5.49. The highest BCUT2D eigenvalue weighted by Crippen LogP contribution is 2.36. The molecule has 2 saturated heterocycles. The molecule has 0 saturated carbocycles. The number of aliphatic imine (C=N–C) groups is 1. The summed E-state index contributed by atoms with van der Waals surface area (Å²) in [5.41, 5.74) is 4.46. The Morgan fingerprint density at radius 2 is 1.47 bits per heavy atom. The zero-order valence-electron chi connectivity index (χ0n) is 21.6. The first-order chi connectivity index (χ1) is 18.2.